The largest absolute Gasteiger partial charge is 0.343 e. The first-order valence-electron chi connectivity index (χ1n) is 6.94. The molecule has 19 heavy (non-hydrogen) atoms. The second-order valence-electron chi connectivity index (χ2n) is 5.29. The van der Waals surface area contributed by atoms with E-state index in [1.54, 1.807) is 0 Å². The molecule has 1 N–H and O–H groups in total. The molecule has 2 aliphatic heterocycles. The van der Waals surface area contributed by atoms with Crippen molar-refractivity contribution < 1.29 is 4.79 Å². The third kappa shape index (κ3) is 4.78. The number of hydrogen-bond acceptors (Lipinski definition) is 3. The Morgan fingerprint density at radius 3 is 2.63 bits per heavy atom. The first-order valence-corrected chi connectivity index (χ1v) is 6.94. The van der Waals surface area contributed by atoms with Crippen LogP contribution in [0.1, 0.15) is 32.6 Å². The van der Waals surface area contributed by atoms with Crippen LogP contribution in [0.3, 0.4) is 0 Å². The van der Waals surface area contributed by atoms with Crippen molar-refractivity contribution in [2.24, 2.45) is 0 Å². The molecular formula is C13H27Cl2N3O. The molecule has 1 amide bonds. The average molecular weight is 312 g/mol. The van der Waals surface area contributed by atoms with Crippen molar-refractivity contribution in [1.29, 1.82) is 0 Å². The Hall–Kier alpha value is -0.0300. The summed E-state index contributed by atoms with van der Waals surface area (Å²) in [5, 5.41) is 3.28. The molecule has 114 valence electrons. The van der Waals surface area contributed by atoms with E-state index in [-0.39, 0.29) is 36.8 Å². The van der Waals surface area contributed by atoms with E-state index in [1.807, 2.05) is 11.9 Å². The van der Waals surface area contributed by atoms with Crippen molar-refractivity contribution in [3.63, 3.8) is 0 Å². The second kappa shape index (κ2) is 9.01. The molecule has 2 saturated heterocycles. The summed E-state index contributed by atoms with van der Waals surface area (Å²) in [6.45, 7) is 6.40. The van der Waals surface area contributed by atoms with Gasteiger partial charge in [0.25, 0.3) is 0 Å². The molecule has 0 aliphatic carbocycles. The molecule has 2 atom stereocenters. The number of rotatable bonds is 4. The van der Waals surface area contributed by atoms with Crippen molar-refractivity contribution in [2.75, 3.05) is 33.2 Å². The molecule has 2 aliphatic rings. The minimum Gasteiger partial charge on any atom is -0.343 e. The molecule has 2 fully saturated rings. The molecule has 0 saturated carbocycles. The van der Waals surface area contributed by atoms with E-state index in [0.29, 0.717) is 6.04 Å². The average Bonchev–Trinajstić information content (AvgIpc) is 2.98. The molecule has 4 nitrogen and oxygen atoms in total. The van der Waals surface area contributed by atoms with Gasteiger partial charge in [0.2, 0.25) is 5.91 Å². The smallest absolute Gasteiger partial charge is 0.239 e. The third-order valence-electron chi connectivity index (χ3n) is 4.12. The summed E-state index contributed by atoms with van der Waals surface area (Å²) < 4.78 is 0. The van der Waals surface area contributed by atoms with Crippen molar-refractivity contribution in [3.8, 4) is 0 Å². The highest BCUT2D eigenvalue weighted by atomic mass is 35.5. The van der Waals surface area contributed by atoms with Crippen LogP contribution in [0.4, 0.5) is 0 Å². The van der Waals surface area contributed by atoms with E-state index in [1.165, 1.54) is 19.4 Å². The Labute approximate surface area is 129 Å². The highest BCUT2D eigenvalue weighted by molar-refractivity contribution is 5.85. The molecule has 0 spiro atoms. The van der Waals surface area contributed by atoms with E-state index in [9.17, 15) is 4.79 Å². The number of nitrogens with zero attached hydrogens (tertiary/aromatic N) is 2. The number of carbonyl (C=O) groups is 1. The summed E-state index contributed by atoms with van der Waals surface area (Å²) in [6.07, 6.45) is 4.66. The third-order valence-corrected chi connectivity index (χ3v) is 4.12. The fraction of sp³-hybridized carbons (Fsp3) is 0.923. The van der Waals surface area contributed by atoms with Crippen LogP contribution in [0, 0.1) is 0 Å². The minimum atomic E-state index is 0. The predicted octanol–water partition coefficient (Wildman–Crippen LogP) is 1.52. The Bertz CT molecular complexity index is 273. The van der Waals surface area contributed by atoms with Crippen molar-refractivity contribution >= 4 is 30.7 Å². The van der Waals surface area contributed by atoms with Crippen LogP contribution in [0.15, 0.2) is 0 Å². The number of hydrogen-bond donors (Lipinski definition) is 1. The van der Waals surface area contributed by atoms with Crippen molar-refractivity contribution in [3.05, 3.63) is 0 Å². The zero-order valence-corrected chi connectivity index (χ0v) is 13.6. The lowest BCUT2D eigenvalue weighted by molar-refractivity contribution is -0.132. The van der Waals surface area contributed by atoms with Gasteiger partial charge in [0.15, 0.2) is 0 Å². The SMILES string of the molecule is CCN1CCCC1CN(C)C(=O)C1CCCN1.Cl.Cl. The maximum absolute atomic E-state index is 12.2. The van der Waals surface area contributed by atoms with Gasteiger partial charge in [0, 0.05) is 19.6 Å². The summed E-state index contributed by atoms with van der Waals surface area (Å²) in [7, 11) is 1.95. The van der Waals surface area contributed by atoms with Gasteiger partial charge in [0.1, 0.15) is 0 Å². The van der Waals surface area contributed by atoms with Gasteiger partial charge in [-0.25, -0.2) is 0 Å². The monoisotopic (exact) mass is 311 g/mol. The van der Waals surface area contributed by atoms with E-state index >= 15 is 0 Å². The van der Waals surface area contributed by atoms with Crippen LogP contribution in [-0.2, 0) is 4.79 Å². The molecule has 0 bridgehead atoms. The first kappa shape index (κ1) is 19.0. The summed E-state index contributed by atoms with van der Waals surface area (Å²) in [6, 6.07) is 0.659. The number of nitrogens with one attached hydrogen (secondary N) is 1. The number of likely N-dealkylation sites (N-methyl/N-ethyl adjacent to an activating group) is 2. The van der Waals surface area contributed by atoms with Gasteiger partial charge in [-0.05, 0) is 45.3 Å². The van der Waals surface area contributed by atoms with Gasteiger partial charge in [-0.2, -0.15) is 0 Å². The quantitative estimate of drug-likeness (QED) is 0.855. The molecular weight excluding hydrogens is 285 g/mol. The normalized spacial score (nSPS) is 26.6. The zero-order chi connectivity index (χ0) is 12.3. The predicted molar refractivity (Wildman–Crippen MR) is 83.4 cm³/mol. The number of likely N-dealkylation sites (tertiary alicyclic amines) is 1. The van der Waals surface area contributed by atoms with Crippen LogP contribution >= 0.6 is 24.8 Å². The Morgan fingerprint density at radius 1 is 1.32 bits per heavy atom. The molecule has 0 aromatic heterocycles. The van der Waals surface area contributed by atoms with E-state index in [0.717, 1.165) is 32.5 Å². The number of halogens is 2. The fourth-order valence-corrected chi connectivity index (χ4v) is 3.09. The number of carbonyl (C=O) groups excluding carboxylic acids is 1. The van der Waals surface area contributed by atoms with Crippen LogP contribution < -0.4 is 5.32 Å². The van der Waals surface area contributed by atoms with Crippen molar-refractivity contribution in [2.45, 2.75) is 44.7 Å². The van der Waals surface area contributed by atoms with Gasteiger partial charge in [-0.1, -0.05) is 6.92 Å². The maximum Gasteiger partial charge on any atom is 0.239 e. The molecule has 2 unspecified atom stereocenters. The topological polar surface area (TPSA) is 35.6 Å². The second-order valence-corrected chi connectivity index (χ2v) is 5.29. The van der Waals surface area contributed by atoms with E-state index in [4.69, 9.17) is 0 Å². The molecule has 2 rings (SSSR count). The summed E-state index contributed by atoms with van der Waals surface area (Å²) in [5.74, 6) is 0.283. The van der Waals surface area contributed by atoms with Gasteiger partial charge >= 0.3 is 0 Å². The van der Waals surface area contributed by atoms with Gasteiger partial charge in [-0.3, -0.25) is 9.69 Å². The standard InChI is InChI=1S/C13H25N3O.2ClH/c1-3-16-9-5-6-11(16)10-15(2)13(17)12-7-4-8-14-12;;/h11-12,14H,3-10H2,1-2H3;2*1H. The van der Waals surface area contributed by atoms with E-state index < -0.39 is 0 Å². The minimum absolute atomic E-state index is 0. The molecule has 6 heteroatoms. The summed E-state index contributed by atoms with van der Waals surface area (Å²) in [4.78, 5) is 16.6. The lowest BCUT2D eigenvalue weighted by atomic mass is 10.1. The van der Waals surface area contributed by atoms with E-state index in [2.05, 4.69) is 17.1 Å². The first-order chi connectivity index (χ1) is 8.22. The van der Waals surface area contributed by atoms with Gasteiger partial charge in [0.05, 0.1) is 6.04 Å². The van der Waals surface area contributed by atoms with Crippen LogP contribution in [-0.4, -0.2) is 61.0 Å². The van der Waals surface area contributed by atoms with Crippen LogP contribution in [0.25, 0.3) is 0 Å². The highest BCUT2D eigenvalue weighted by Crippen LogP contribution is 2.18. The Kier molecular flexibility index (Phi) is 8.99. The molecule has 0 radical (unpaired) electrons. The summed E-state index contributed by atoms with van der Waals surface area (Å²) >= 11 is 0. The van der Waals surface area contributed by atoms with Gasteiger partial charge in [-0.15, -0.1) is 24.8 Å². The Balaban J connectivity index is 0.00000162. The molecule has 0 aromatic carbocycles. The lowest BCUT2D eigenvalue weighted by Gasteiger charge is -2.29. The fourth-order valence-electron chi connectivity index (χ4n) is 3.09. The highest BCUT2D eigenvalue weighted by Gasteiger charge is 2.29. The molecule has 2 heterocycles. The van der Waals surface area contributed by atoms with Gasteiger partial charge < -0.3 is 10.2 Å². The molecule has 0 aromatic rings. The maximum atomic E-state index is 12.2. The Morgan fingerprint density at radius 2 is 2.05 bits per heavy atom. The lowest BCUT2D eigenvalue weighted by Crippen LogP contribution is -2.47. The van der Waals surface area contributed by atoms with Crippen LogP contribution in [0.2, 0.25) is 0 Å². The van der Waals surface area contributed by atoms with Crippen molar-refractivity contribution in [1.82, 2.24) is 15.1 Å². The number of amides is 1. The van der Waals surface area contributed by atoms with Crippen LogP contribution in [0.5, 0.6) is 0 Å². The zero-order valence-electron chi connectivity index (χ0n) is 11.9. The summed E-state index contributed by atoms with van der Waals surface area (Å²) in [5.41, 5.74) is 0.